The molecular formula is C14H17N3O2S. The maximum absolute atomic E-state index is 11.1. The van der Waals surface area contributed by atoms with Gasteiger partial charge in [0.15, 0.2) is 0 Å². The summed E-state index contributed by atoms with van der Waals surface area (Å²) in [6.07, 6.45) is 0. The molecule has 0 fully saturated rings. The van der Waals surface area contributed by atoms with Crippen molar-refractivity contribution in [1.29, 1.82) is 0 Å². The summed E-state index contributed by atoms with van der Waals surface area (Å²) in [5, 5.41) is 8.30. The topological polar surface area (TPSA) is 98.2 Å². The lowest BCUT2D eigenvalue weighted by molar-refractivity contribution is 0.597. The second-order valence-electron chi connectivity index (χ2n) is 4.49. The molecule has 6 heteroatoms. The Hall–Kier alpha value is -1.89. The van der Waals surface area contributed by atoms with Crippen LogP contribution in [0.5, 0.6) is 0 Å². The Balaban J connectivity index is 1.94. The summed E-state index contributed by atoms with van der Waals surface area (Å²) < 4.78 is 22.3. The van der Waals surface area contributed by atoms with E-state index in [0.717, 1.165) is 16.8 Å². The molecule has 0 bridgehead atoms. The fraction of sp³-hybridized carbons (Fsp3) is 0.143. The molecule has 20 heavy (non-hydrogen) atoms. The van der Waals surface area contributed by atoms with Crippen molar-refractivity contribution in [3.05, 3.63) is 59.7 Å². The third-order valence-corrected chi connectivity index (χ3v) is 3.88. The van der Waals surface area contributed by atoms with E-state index < -0.39 is 10.0 Å². The number of nitrogen functional groups attached to an aromatic ring is 1. The Morgan fingerprint density at radius 1 is 0.950 bits per heavy atom. The molecule has 0 saturated carbocycles. The van der Waals surface area contributed by atoms with Crippen LogP contribution in [0.3, 0.4) is 0 Å². The van der Waals surface area contributed by atoms with Crippen molar-refractivity contribution < 1.29 is 8.42 Å². The molecule has 2 rings (SSSR count). The van der Waals surface area contributed by atoms with Crippen molar-refractivity contribution in [3.63, 3.8) is 0 Å². The second-order valence-corrected chi connectivity index (χ2v) is 6.05. The lowest BCUT2D eigenvalue weighted by atomic mass is 10.1. The van der Waals surface area contributed by atoms with Crippen molar-refractivity contribution in [2.75, 3.05) is 5.73 Å². The zero-order chi connectivity index (χ0) is 14.6. The van der Waals surface area contributed by atoms with Crippen molar-refractivity contribution >= 4 is 15.7 Å². The molecule has 0 atom stereocenters. The smallest absolute Gasteiger partial charge is 0.238 e. The molecule has 2 aromatic carbocycles. The molecule has 0 aliphatic carbocycles. The Morgan fingerprint density at radius 2 is 1.60 bits per heavy atom. The van der Waals surface area contributed by atoms with Crippen molar-refractivity contribution in [1.82, 2.24) is 5.32 Å². The van der Waals surface area contributed by atoms with E-state index in [2.05, 4.69) is 5.32 Å². The van der Waals surface area contributed by atoms with Gasteiger partial charge >= 0.3 is 0 Å². The molecule has 0 amide bonds. The first-order chi connectivity index (χ1) is 9.47. The second kappa shape index (κ2) is 6.04. The van der Waals surface area contributed by atoms with E-state index in [4.69, 9.17) is 10.9 Å². The van der Waals surface area contributed by atoms with E-state index in [1.807, 2.05) is 24.3 Å². The van der Waals surface area contributed by atoms with Gasteiger partial charge in [0, 0.05) is 18.8 Å². The Kier molecular flexibility index (Phi) is 4.39. The van der Waals surface area contributed by atoms with Crippen LogP contribution < -0.4 is 16.2 Å². The molecule has 0 aliphatic heterocycles. The number of hydrogen-bond donors (Lipinski definition) is 3. The SMILES string of the molecule is Nc1ccccc1CNCc1ccc(S(N)(=O)=O)cc1. The highest BCUT2D eigenvalue weighted by molar-refractivity contribution is 7.89. The van der Waals surface area contributed by atoms with Crippen molar-refractivity contribution in [2.24, 2.45) is 5.14 Å². The van der Waals surface area contributed by atoms with E-state index in [1.54, 1.807) is 12.1 Å². The third kappa shape index (κ3) is 3.80. The number of nitrogens with two attached hydrogens (primary N) is 2. The minimum absolute atomic E-state index is 0.119. The lowest BCUT2D eigenvalue weighted by Gasteiger charge is -2.08. The standard InChI is InChI=1S/C14H17N3O2S/c15-14-4-2-1-3-12(14)10-17-9-11-5-7-13(8-6-11)20(16,18)19/h1-8,17H,9-10,15H2,(H2,16,18,19). The van der Waals surface area contributed by atoms with Crippen LogP contribution in [0.2, 0.25) is 0 Å². The zero-order valence-corrected chi connectivity index (χ0v) is 11.7. The van der Waals surface area contributed by atoms with E-state index in [1.165, 1.54) is 12.1 Å². The number of sulfonamides is 1. The summed E-state index contributed by atoms with van der Waals surface area (Å²) in [5.41, 5.74) is 8.62. The van der Waals surface area contributed by atoms with Gasteiger partial charge in [-0.05, 0) is 29.3 Å². The van der Waals surface area contributed by atoms with E-state index in [9.17, 15) is 8.42 Å². The monoisotopic (exact) mass is 291 g/mol. The predicted molar refractivity (Wildman–Crippen MR) is 79.2 cm³/mol. The summed E-state index contributed by atoms with van der Waals surface area (Å²) in [6, 6.07) is 14.1. The van der Waals surface area contributed by atoms with Crippen LogP contribution in [0.4, 0.5) is 5.69 Å². The Morgan fingerprint density at radius 3 is 2.20 bits per heavy atom. The Bertz CT molecular complexity index is 682. The van der Waals surface area contributed by atoms with Gasteiger partial charge in [0.05, 0.1) is 4.90 Å². The van der Waals surface area contributed by atoms with Gasteiger partial charge in [-0.2, -0.15) is 0 Å². The highest BCUT2D eigenvalue weighted by Crippen LogP contribution is 2.11. The average Bonchev–Trinajstić information content (AvgIpc) is 2.40. The average molecular weight is 291 g/mol. The van der Waals surface area contributed by atoms with Gasteiger partial charge in [-0.1, -0.05) is 30.3 Å². The number of hydrogen-bond acceptors (Lipinski definition) is 4. The lowest BCUT2D eigenvalue weighted by Crippen LogP contribution is -2.15. The van der Waals surface area contributed by atoms with Crippen LogP contribution in [0.25, 0.3) is 0 Å². The zero-order valence-electron chi connectivity index (χ0n) is 10.9. The molecule has 106 valence electrons. The molecule has 0 spiro atoms. The van der Waals surface area contributed by atoms with Crippen LogP contribution >= 0.6 is 0 Å². The summed E-state index contributed by atoms with van der Waals surface area (Å²) in [4.78, 5) is 0.119. The molecule has 0 aliphatic rings. The van der Waals surface area contributed by atoms with E-state index in [0.29, 0.717) is 13.1 Å². The summed E-state index contributed by atoms with van der Waals surface area (Å²) in [7, 11) is -3.63. The Labute approximate surface area is 118 Å². The van der Waals surface area contributed by atoms with Crippen LogP contribution in [0, 0.1) is 0 Å². The largest absolute Gasteiger partial charge is 0.398 e. The molecule has 0 aromatic heterocycles. The number of benzene rings is 2. The quantitative estimate of drug-likeness (QED) is 0.721. The van der Waals surface area contributed by atoms with Crippen LogP contribution in [-0.4, -0.2) is 8.42 Å². The molecule has 0 heterocycles. The van der Waals surface area contributed by atoms with Gasteiger partial charge in [0.1, 0.15) is 0 Å². The number of para-hydroxylation sites is 1. The third-order valence-electron chi connectivity index (χ3n) is 2.95. The highest BCUT2D eigenvalue weighted by atomic mass is 32.2. The molecule has 0 radical (unpaired) electrons. The van der Waals surface area contributed by atoms with Gasteiger partial charge in [0.25, 0.3) is 0 Å². The van der Waals surface area contributed by atoms with Gasteiger partial charge in [-0.25, -0.2) is 13.6 Å². The molecular weight excluding hydrogens is 274 g/mol. The summed E-state index contributed by atoms with van der Waals surface area (Å²) in [6.45, 7) is 1.28. The number of nitrogens with one attached hydrogen (secondary N) is 1. The first kappa shape index (κ1) is 14.5. The molecule has 2 aromatic rings. The molecule has 5 nitrogen and oxygen atoms in total. The first-order valence-corrected chi connectivity index (χ1v) is 7.67. The molecule has 5 N–H and O–H groups in total. The number of primary sulfonamides is 1. The summed E-state index contributed by atoms with van der Waals surface area (Å²) >= 11 is 0. The highest BCUT2D eigenvalue weighted by Gasteiger charge is 2.06. The normalized spacial score (nSPS) is 11.4. The minimum atomic E-state index is -3.63. The molecule has 0 saturated heterocycles. The van der Waals surface area contributed by atoms with E-state index in [-0.39, 0.29) is 4.90 Å². The fourth-order valence-corrected chi connectivity index (χ4v) is 2.35. The van der Waals surface area contributed by atoms with Crippen LogP contribution in [0.15, 0.2) is 53.4 Å². The van der Waals surface area contributed by atoms with Gasteiger partial charge in [-0.3, -0.25) is 0 Å². The predicted octanol–water partition coefficient (Wildman–Crippen LogP) is 1.21. The van der Waals surface area contributed by atoms with Crippen LogP contribution in [0.1, 0.15) is 11.1 Å². The number of rotatable bonds is 5. The van der Waals surface area contributed by atoms with Crippen molar-refractivity contribution in [3.8, 4) is 0 Å². The molecule has 0 unspecified atom stereocenters. The fourth-order valence-electron chi connectivity index (χ4n) is 1.83. The van der Waals surface area contributed by atoms with Crippen LogP contribution in [-0.2, 0) is 23.1 Å². The van der Waals surface area contributed by atoms with Gasteiger partial charge in [-0.15, -0.1) is 0 Å². The van der Waals surface area contributed by atoms with Crippen molar-refractivity contribution in [2.45, 2.75) is 18.0 Å². The maximum Gasteiger partial charge on any atom is 0.238 e. The minimum Gasteiger partial charge on any atom is -0.398 e. The number of anilines is 1. The van der Waals surface area contributed by atoms with E-state index >= 15 is 0 Å². The summed E-state index contributed by atoms with van der Waals surface area (Å²) in [5.74, 6) is 0. The first-order valence-electron chi connectivity index (χ1n) is 6.12. The maximum atomic E-state index is 11.1. The van der Waals surface area contributed by atoms with Gasteiger partial charge in [0.2, 0.25) is 10.0 Å². The van der Waals surface area contributed by atoms with Gasteiger partial charge < -0.3 is 11.1 Å².